The Kier molecular flexibility index (Phi) is 8.21. The summed E-state index contributed by atoms with van der Waals surface area (Å²) in [5.41, 5.74) is 1.63. The molecule has 0 unspecified atom stereocenters. The van der Waals surface area contributed by atoms with Crippen LogP contribution in [-0.4, -0.2) is 44.2 Å². The molecule has 0 fully saturated rings. The lowest BCUT2D eigenvalue weighted by molar-refractivity contribution is -0.132. The number of carbonyl (C=O) groups is 1. The van der Waals surface area contributed by atoms with Crippen LogP contribution in [0.15, 0.2) is 77.5 Å². The molecule has 6 nitrogen and oxygen atoms in total. The summed E-state index contributed by atoms with van der Waals surface area (Å²) >= 11 is 1.55. The molecule has 2 aromatic carbocycles. The van der Waals surface area contributed by atoms with Crippen LogP contribution in [0.1, 0.15) is 16.0 Å². The highest BCUT2D eigenvalue weighted by Crippen LogP contribution is 2.22. The van der Waals surface area contributed by atoms with E-state index in [2.05, 4.69) is 0 Å². The van der Waals surface area contributed by atoms with Crippen molar-refractivity contribution in [3.63, 3.8) is 0 Å². The average Bonchev–Trinajstić information content (AvgIpc) is 3.31. The van der Waals surface area contributed by atoms with Gasteiger partial charge in [0.1, 0.15) is 5.75 Å². The van der Waals surface area contributed by atoms with Gasteiger partial charge in [-0.05, 0) is 29.2 Å². The number of carbonyl (C=O) groups excluding carboxylic acids is 1. The molecule has 1 amide bonds. The van der Waals surface area contributed by atoms with Gasteiger partial charge in [0.2, 0.25) is 15.9 Å². The van der Waals surface area contributed by atoms with Crippen molar-refractivity contribution in [2.24, 2.45) is 0 Å². The molecule has 168 valence electrons. The highest BCUT2D eigenvalue weighted by Gasteiger charge is 2.23. The maximum atomic E-state index is 13.2. The van der Waals surface area contributed by atoms with E-state index in [1.807, 2.05) is 72.1 Å². The SMILES string of the molecule is COc1ccccc1CN(Cc1cccs1)C(=O)CN(C)S(=O)(=O)/C=C/c1ccccc1. The van der Waals surface area contributed by atoms with Crippen LogP contribution in [0.25, 0.3) is 6.08 Å². The van der Waals surface area contributed by atoms with Gasteiger partial charge in [-0.3, -0.25) is 4.79 Å². The monoisotopic (exact) mass is 470 g/mol. The first-order valence-corrected chi connectivity index (χ1v) is 12.4. The quantitative estimate of drug-likeness (QED) is 0.445. The molecule has 0 aliphatic heterocycles. The summed E-state index contributed by atoms with van der Waals surface area (Å²) < 4.78 is 31.9. The Labute approximate surface area is 193 Å². The van der Waals surface area contributed by atoms with Crippen LogP contribution < -0.4 is 4.74 Å². The minimum atomic E-state index is -3.75. The summed E-state index contributed by atoms with van der Waals surface area (Å²) in [6, 6.07) is 20.5. The fraction of sp³-hybridized carbons (Fsp3) is 0.208. The van der Waals surface area contributed by atoms with Crippen LogP contribution in [0.2, 0.25) is 0 Å². The van der Waals surface area contributed by atoms with Crippen molar-refractivity contribution < 1.29 is 17.9 Å². The van der Waals surface area contributed by atoms with Gasteiger partial charge in [-0.25, -0.2) is 8.42 Å². The van der Waals surface area contributed by atoms with Gasteiger partial charge in [-0.15, -0.1) is 11.3 Å². The Morgan fingerprint density at radius 3 is 2.41 bits per heavy atom. The molecule has 0 saturated heterocycles. The summed E-state index contributed by atoms with van der Waals surface area (Å²) in [5.74, 6) is 0.395. The van der Waals surface area contributed by atoms with Crippen molar-refractivity contribution in [3.05, 3.63) is 93.5 Å². The molecule has 1 heterocycles. The number of nitrogens with zero attached hydrogens (tertiary/aromatic N) is 2. The third kappa shape index (κ3) is 6.53. The zero-order valence-electron chi connectivity index (χ0n) is 18.0. The predicted molar refractivity (Wildman–Crippen MR) is 129 cm³/mol. The maximum Gasteiger partial charge on any atom is 0.238 e. The fourth-order valence-corrected chi connectivity index (χ4v) is 4.62. The van der Waals surface area contributed by atoms with Gasteiger partial charge in [0.25, 0.3) is 0 Å². The first kappa shape index (κ1) is 23.7. The molecule has 8 heteroatoms. The summed E-state index contributed by atoms with van der Waals surface area (Å²) in [4.78, 5) is 15.8. The van der Waals surface area contributed by atoms with Gasteiger partial charge < -0.3 is 9.64 Å². The molecule has 0 aliphatic rings. The van der Waals surface area contributed by atoms with E-state index in [4.69, 9.17) is 4.74 Å². The molecule has 0 atom stereocenters. The minimum Gasteiger partial charge on any atom is -0.496 e. The second-order valence-corrected chi connectivity index (χ2v) is 10.1. The molecule has 0 spiro atoms. The number of methoxy groups -OCH3 is 1. The number of rotatable bonds is 10. The fourth-order valence-electron chi connectivity index (χ4n) is 3.08. The van der Waals surface area contributed by atoms with Crippen molar-refractivity contribution in [2.75, 3.05) is 20.7 Å². The van der Waals surface area contributed by atoms with Gasteiger partial charge in [-0.1, -0.05) is 54.6 Å². The summed E-state index contributed by atoms with van der Waals surface area (Å²) in [6.45, 7) is 0.443. The molecule has 0 radical (unpaired) electrons. The molecule has 3 aromatic rings. The molecular weight excluding hydrogens is 444 g/mol. The van der Waals surface area contributed by atoms with E-state index >= 15 is 0 Å². The molecule has 0 aliphatic carbocycles. The second kappa shape index (κ2) is 11.1. The van der Waals surface area contributed by atoms with E-state index in [9.17, 15) is 13.2 Å². The van der Waals surface area contributed by atoms with Crippen LogP contribution in [-0.2, 0) is 27.9 Å². The summed E-state index contributed by atoms with van der Waals surface area (Å²) in [5, 5.41) is 3.07. The number of ether oxygens (including phenoxy) is 1. The lowest BCUT2D eigenvalue weighted by Gasteiger charge is -2.25. The van der Waals surface area contributed by atoms with Crippen LogP contribution >= 0.6 is 11.3 Å². The van der Waals surface area contributed by atoms with Crippen molar-refractivity contribution >= 4 is 33.3 Å². The van der Waals surface area contributed by atoms with Crippen molar-refractivity contribution in [2.45, 2.75) is 13.1 Å². The van der Waals surface area contributed by atoms with E-state index in [1.54, 1.807) is 23.3 Å². The number of likely N-dealkylation sites (N-methyl/N-ethyl adjacent to an activating group) is 1. The second-order valence-electron chi connectivity index (χ2n) is 7.16. The Morgan fingerprint density at radius 2 is 1.72 bits per heavy atom. The normalized spacial score (nSPS) is 11.7. The van der Waals surface area contributed by atoms with Crippen LogP contribution in [0, 0.1) is 0 Å². The van der Waals surface area contributed by atoms with E-state index < -0.39 is 10.0 Å². The Hall–Kier alpha value is -2.94. The van der Waals surface area contributed by atoms with Crippen molar-refractivity contribution in [3.8, 4) is 5.75 Å². The molecule has 3 rings (SSSR count). The highest BCUT2D eigenvalue weighted by molar-refractivity contribution is 7.92. The van der Waals surface area contributed by atoms with Gasteiger partial charge in [-0.2, -0.15) is 4.31 Å². The third-order valence-corrected chi connectivity index (χ3v) is 7.20. The van der Waals surface area contributed by atoms with E-state index in [0.29, 0.717) is 18.8 Å². The zero-order valence-corrected chi connectivity index (χ0v) is 19.7. The van der Waals surface area contributed by atoms with Crippen molar-refractivity contribution in [1.82, 2.24) is 9.21 Å². The maximum absolute atomic E-state index is 13.2. The van der Waals surface area contributed by atoms with Crippen LogP contribution in [0.4, 0.5) is 0 Å². The number of benzene rings is 2. The first-order valence-electron chi connectivity index (χ1n) is 10.0. The number of sulfonamides is 1. The van der Waals surface area contributed by atoms with E-state index in [0.717, 1.165) is 25.7 Å². The smallest absolute Gasteiger partial charge is 0.238 e. The Morgan fingerprint density at radius 1 is 1.00 bits per heavy atom. The van der Waals surface area contributed by atoms with E-state index in [-0.39, 0.29) is 12.5 Å². The van der Waals surface area contributed by atoms with Crippen LogP contribution in [0.3, 0.4) is 0 Å². The standard InChI is InChI=1S/C24H26N2O4S2/c1-25(32(28,29)16-14-20-9-4-3-5-10-20)19-24(27)26(18-22-12-8-15-31-22)17-21-11-6-7-13-23(21)30-2/h3-16H,17-19H2,1-2H3/b16-14+. The third-order valence-electron chi connectivity index (χ3n) is 4.86. The number of thiophene rings is 1. The molecule has 0 bridgehead atoms. The lowest BCUT2D eigenvalue weighted by atomic mass is 10.2. The molecule has 0 N–H and O–H groups in total. The van der Waals surface area contributed by atoms with Gasteiger partial charge in [0, 0.05) is 29.4 Å². The number of hydrogen-bond donors (Lipinski definition) is 0. The Bertz CT molecular complexity index is 1140. The van der Waals surface area contributed by atoms with Crippen molar-refractivity contribution in [1.29, 1.82) is 0 Å². The highest BCUT2D eigenvalue weighted by atomic mass is 32.2. The summed E-state index contributed by atoms with van der Waals surface area (Å²) in [7, 11) is -0.753. The molecule has 1 aromatic heterocycles. The number of hydrogen-bond acceptors (Lipinski definition) is 5. The molecule has 32 heavy (non-hydrogen) atoms. The molecule has 0 saturated carbocycles. The Balaban J connectivity index is 1.75. The zero-order chi connectivity index (χ0) is 23.0. The largest absolute Gasteiger partial charge is 0.496 e. The van der Waals surface area contributed by atoms with Crippen LogP contribution in [0.5, 0.6) is 5.75 Å². The molecular formula is C24H26N2O4S2. The van der Waals surface area contributed by atoms with Gasteiger partial charge in [0.05, 0.1) is 20.2 Å². The van der Waals surface area contributed by atoms with E-state index in [1.165, 1.54) is 13.1 Å². The summed E-state index contributed by atoms with van der Waals surface area (Å²) in [6.07, 6.45) is 1.52. The predicted octanol–water partition coefficient (Wildman–Crippen LogP) is 4.22. The minimum absolute atomic E-state index is 0.262. The lowest BCUT2D eigenvalue weighted by Crippen LogP contribution is -2.40. The average molecular weight is 471 g/mol. The first-order chi connectivity index (χ1) is 15.4. The van der Waals surface area contributed by atoms with Gasteiger partial charge >= 0.3 is 0 Å². The number of amides is 1. The topological polar surface area (TPSA) is 66.9 Å². The van der Waals surface area contributed by atoms with Gasteiger partial charge in [0.15, 0.2) is 0 Å². The number of para-hydroxylation sites is 1.